The molecule has 0 aliphatic carbocycles. The van der Waals surface area contributed by atoms with Crippen LogP contribution in [0.3, 0.4) is 0 Å². The van der Waals surface area contributed by atoms with Crippen LogP contribution in [0, 0.1) is 12.3 Å². The predicted molar refractivity (Wildman–Crippen MR) is 88.9 cm³/mol. The molecule has 1 aromatic carbocycles. The molecule has 0 saturated heterocycles. The third kappa shape index (κ3) is 4.82. The lowest BCUT2D eigenvalue weighted by atomic mass is 9.81. The minimum atomic E-state index is -0.265. The van der Waals surface area contributed by atoms with E-state index in [1.54, 1.807) is 0 Å². The van der Waals surface area contributed by atoms with Crippen molar-refractivity contribution in [1.82, 2.24) is 5.32 Å². The molecule has 0 aliphatic rings. The van der Waals surface area contributed by atoms with Crippen LogP contribution in [0.2, 0.25) is 0 Å². The van der Waals surface area contributed by atoms with Crippen molar-refractivity contribution in [3.63, 3.8) is 0 Å². The Morgan fingerprint density at radius 3 is 2.30 bits per heavy atom. The Hall–Kier alpha value is -1.03. The highest BCUT2D eigenvalue weighted by Crippen LogP contribution is 2.28. The van der Waals surface area contributed by atoms with Crippen molar-refractivity contribution in [2.24, 2.45) is 5.41 Å². The lowest BCUT2D eigenvalue weighted by Gasteiger charge is -2.33. The maximum absolute atomic E-state index is 12.5. The first-order valence-corrected chi connectivity index (χ1v) is 7.59. The molecule has 4 heteroatoms. The average Bonchev–Trinajstić information content (AvgIpc) is 2.18. The molecule has 0 unspecified atom stereocenters. The van der Waals surface area contributed by atoms with E-state index in [1.807, 2.05) is 32.9 Å². The average molecular weight is 341 g/mol. The molecule has 0 saturated carbocycles. The molecule has 0 bridgehead atoms. The van der Waals surface area contributed by atoms with Gasteiger partial charge >= 0.3 is 0 Å². The van der Waals surface area contributed by atoms with E-state index in [1.165, 1.54) is 0 Å². The van der Waals surface area contributed by atoms with Gasteiger partial charge in [0.25, 0.3) is 5.91 Å². The highest BCUT2D eigenvalue weighted by Gasteiger charge is 2.28. The topological polar surface area (TPSA) is 55.1 Å². The molecule has 1 aromatic rings. The van der Waals surface area contributed by atoms with Crippen molar-refractivity contribution in [2.45, 2.75) is 53.5 Å². The molecule has 3 nitrogen and oxygen atoms in total. The number of nitrogens with two attached hydrogens (primary N) is 1. The standard InChI is InChI=1S/C16H25BrN2O/c1-10-12(7-11(17)8-13(10)18)14(20)19-16(5,6)9-15(2,3)4/h7-8H,9,18H2,1-6H3,(H,19,20). The van der Waals surface area contributed by atoms with Gasteiger partial charge in [-0.25, -0.2) is 0 Å². The Bertz CT molecular complexity index is 516. The zero-order chi connectivity index (χ0) is 15.7. The number of hydrogen-bond acceptors (Lipinski definition) is 2. The Balaban J connectivity index is 2.97. The molecular formula is C16H25BrN2O. The molecule has 1 rings (SSSR count). The lowest BCUT2D eigenvalue weighted by Crippen LogP contribution is -2.46. The third-order valence-electron chi connectivity index (χ3n) is 3.08. The van der Waals surface area contributed by atoms with Crippen molar-refractivity contribution in [3.05, 3.63) is 27.7 Å². The summed E-state index contributed by atoms with van der Waals surface area (Å²) in [4.78, 5) is 12.5. The van der Waals surface area contributed by atoms with Crippen molar-refractivity contribution in [1.29, 1.82) is 0 Å². The van der Waals surface area contributed by atoms with E-state index < -0.39 is 0 Å². The van der Waals surface area contributed by atoms with E-state index in [9.17, 15) is 4.79 Å². The van der Waals surface area contributed by atoms with E-state index in [2.05, 4.69) is 42.0 Å². The fraction of sp³-hybridized carbons (Fsp3) is 0.562. The van der Waals surface area contributed by atoms with Gasteiger partial charge in [0.05, 0.1) is 0 Å². The quantitative estimate of drug-likeness (QED) is 0.806. The number of rotatable bonds is 3. The zero-order valence-electron chi connectivity index (χ0n) is 13.2. The summed E-state index contributed by atoms with van der Waals surface area (Å²) in [7, 11) is 0. The second-order valence-electron chi connectivity index (χ2n) is 7.24. The van der Waals surface area contributed by atoms with Crippen molar-refractivity contribution >= 4 is 27.5 Å². The van der Waals surface area contributed by atoms with Gasteiger partial charge in [0.1, 0.15) is 0 Å². The molecule has 0 atom stereocenters. The van der Waals surface area contributed by atoms with Crippen molar-refractivity contribution in [2.75, 3.05) is 5.73 Å². The van der Waals surface area contributed by atoms with Gasteiger partial charge in [0.15, 0.2) is 0 Å². The van der Waals surface area contributed by atoms with Crippen LogP contribution < -0.4 is 11.1 Å². The van der Waals surface area contributed by atoms with Gasteiger partial charge in [-0.2, -0.15) is 0 Å². The molecule has 112 valence electrons. The number of nitrogen functional groups attached to an aromatic ring is 1. The van der Waals surface area contributed by atoms with E-state index in [0.717, 1.165) is 16.5 Å². The predicted octanol–water partition coefficient (Wildman–Crippen LogP) is 4.28. The number of carbonyl (C=O) groups excluding carboxylic acids is 1. The Morgan fingerprint density at radius 1 is 1.25 bits per heavy atom. The molecule has 3 N–H and O–H groups in total. The zero-order valence-corrected chi connectivity index (χ0v) is 14.8. The fourth-order valence-corrected chi connectivity index (χ4v) is 3.16. The number of halogens is 1. The Kier molecular flexibility index (Phi) is 4.90. The number of anilines is 1. The summed E-state index contributed by atoms with van der Waals surface area (Å²) in [5, 5.41) is 3.11. The maximum atomic E-state index is 12.5. The molecule has 1 amide bonds. The summed E-state index contributed by atoms with van der Waals surface area (Å²) in [6.07, 6.45) is 0.897. The van der Waals surface area contributed by atoms with E-state index in [-0.39, 0.29) is 16.9 Å². The van der Waals surface area contributed by atoms with Crippen LogP contribution in [-0.2, 0) is 0 Å². The summed E-state index contributed by atoms with van der Waals surface area (Å²) in [5.74, 6) is -0.0789. The lowest BCUT2D eigenvalue weighted by molar-refractivity contribution is 0.0891. The maximum Gasteiger partial charge on any atom is 0.252 e. The first-order valence-electron chi connectivity index (χ1n) is 6.79. The molecule has 0 aromatic heterocycles. The number of benzene rings is 1. The molecule has 0 aliphatic heterocycles. The van der Waals surface area contributed by atoms with Crippen LogP contribution in [0.1, 0.15) is 57.0 Å². The largest absolute Gasteiger partial charge is 0.398 e. The number of amides is 1. The smallest absolute Gasteiger partial charge is 0.252 e. The third-order valence-corrected chi connectivity index (χ3v) is 3.54. The SMILES string of the molecule is Cc1c(N)cc(Br)cc1C(=O)NC(C)(C)CC(C)(C)C. The number of nitrogens with one attached hydrogen (secondary N) is 1. The molecule has 0 heterocycles. The highest BCUT2D eigenvalue weighted by molar-refractivity contribution is 9.10. The van der Waals surface area contributed by atoms with Gasteiger partial charge in [-0.3, -0.25) is 4.79 Å². The normalized spacial score (nSPS) is 12.3. The van der Waals surface area contributed by atoms with Crippen LogP contribution in [0.4, 0.5) is 5.69 Å². The first-order chi connectivity index (χ1) is 8.91. The van der Waals surface area contributed by atoms with Crippen LogP contribution in [0.25, 0.3) is 0 Å². The minimum absolute atomic E-state index is 0.0789. The van der Waals surface area contributed by atoms with E-state index >= 15 is 0 Å². The number of carbonyl (C=O) groups is 1. The molecule has 0 spiro atoms. The van der Waals surface area contributed by atoms with Crippen LogP contribution in [-0.4, -0.2) is 11.4 Å². The van der Waals surface area contributed by atoms with Gasteiger partial charge in [0, 0.05) is 21.3 Å². The molecular weight excluding hydrogens is 316 g/mol. The molecule has 0 radical (unpaired) electrons. The van der Waals surface area contributed by atoms with Crippen molar-refractivity contribution < 1.29 is 4.79 Å². The van der Waals surface area contributed by atoms with Gasteiger partial charge in [-0.05, 0) is 50.3 Å². The highest BCUT2D eigenvalue weighted by atomic mass is 79.9. The Morgan fingerprint density at radius 2 is 1.80 bits per heavy atom. The van der Waals surface area contributed by atoms with Crippen LogP contribution in [0.5, 0.6) is 0 Å². The first kappa shape index (κ1) is 17.0. The van der Waals surface area contributed by atoms with Gasteiger partial charge < -0.3 is 11.1 Å². The monoisotopic (exact) mass is 340 g/mol. The summed E-state index contributed by atoms with van der Waals surface area (Å²) < 4.78 is 0.819. The van der Waals surface area contributed by atoms with Crippen LogP contribution in [0.15, 0.2) is 16.6 Å². The van der Waals surface area contributed by atoms with Crippen molar-refractivity contribution in [3.8, 4) is 0 Å². The summed E-state index contributed by atoms with van der Waals surface area (Å²) in [6, 6.07) is 3.63. The van der Waals surface area contributed by atoms with Gasteiger partial charge in [-0.15, -0.1) is 0 Å². The summed E-state index contributed by atoms with van der Waals surface area (Å²) in [6.45, 7) is 12.5. The number of hydrogen-bond donors (Lipinski definition) is 2. The fourth-order valence-electron chi connectivity index (χ4n) is 2.68. The molecule has 20 heavy (non-hydrogen) atoms. The van der Waals surface area contributed by atoms with E-state index in [0.29, 0.717) is 11.3 Å². The van der Waals surface area contributed by atoms with Gasteiger partial charge in [-0.1, -0.05) is 36.7 Å². The summed E-state index contributed by atoms with van der Waals surface area (Å²) in [5.41, 5.74) is 7.87. The summed E-state index contributed by atoms with van der Waals surface area (Å²) >= 11 is 3.38. The second kappa shape index (κ2) is 5.76. The van der Waals surface area contributed by atoms with Gasteiger partial charge in [0.2, 0.25) is 0 Å². The van der Waals surface area contributed by atoms with Crippen LogP contribution >= 0.6 is 15.9 Å². The Labute approximate surface area is 130 Å². The molecule has 0 fully saturated rings. The second-order valence-corrected chi connectivity index (χ2v) is 8.16. The van der Waals surface area contributed by atoms with E-state index in [4.69, 9.17) is 5.73 Å². The minimum Gasteiger partial charge on any atom is -0.398 e.